The van der Waals surface area contributed by atoms with Gasteiger partial charge in [0.15, 0.2) is 0 Å². The van der Waals surface area contributed by atoms with Crippen molar-refractivity contribution in [2.24, 2.45) is 0 Å². The van der Waals surface area contributed by atoms with E-state index >= 15 is 0 Å². The van der Waals surface area contributed by atoms with Crippen LogP contribution in [0.4, 0.5) is 0 Å². The first kappa shape index (κ1) is 26.7. The van der Waals surface area contributed by atoms with Crippen molar-refractivity contribution in [3.63, 3.8) is 0 Å². The zero-order chi connectivity index (χ0) is 37.2. The molecule has 4 heterocycles. The van der Waals surface area contributed by atoms with E-state index in [-0.39, 0.29) is 31.2 Å². The number of pyridine rings is 2. The number of aromatic nitrogens is 2. The van der Waals surface area contributed by atoms with Crippen LogP contribution in [0.25, 0.3) is 53.8 Å². The minimum Gasteiger partial charge on any atom is 0 e. The van der Waals surface area contributed by atoms with Crippen LogP contribution in [0.15, 0.2) is 103 Å². The molecular formula is C41H38GeIrN2SSi-2. The summed E-state index contributed by atoms with van der Waals surface area (Å²) >= 11 is -0.0764. The van der Waals surface area contributed by atoms with Crippen molar-refractivity contribution in [1.29, 1.82) is 0 Å². The van der Waals surface area contributed by atoms with E-state index in [1.807, 2.05) is 42.6 Å². The topological polar surface area (TPSA) is 25.8 Å². The van der Waals surface area contributed by atoms with Crippen molar-refractivity contribution in [2.45, 2.75) is 44.1 Å². The predicted molar refractivity (Wildman–Crippen MR) is 205 cm³/mol. The molecule has 4 aromatic carbocycles. The van der Waals surface area contributed by atoms with Crippen LogP contribution in [-0.4, -0.2) is 31.3 Å². The van der Waals surface area contributed by atoms with Gasteiger partial charge in [-0.3, -0.25) is 0 Å². The second-order valence-corrected chi connectivity index (χ2v) is 29.4. The van der Waals surface area contributed by atoms with E-state index in [0.717, 1.165) is 26.0 Å². The Morgan fingerprint density at radius 2 is 1.51 bits per heavy atom. The quantitative estimate of drug-likeness (QED) is 0.131. The third kappa shape index (κ3) is 6.25. The number of aryl methyl sites for hydroxylation is 2. The van der Waals surface area contributed by atoms with E-state index in [9.17, 15) is 0 Å². The molecule has 8 rings (SSSR count). The smallest absolute Gasteiger partial charge is 0 e. The minimum atomic E-state index is -2.57. The zero-order valence-corrected chi connectivity index (χ0v) is 33.3. The third-order valence-electron chi connectivity index (χ3n) is 8.91. The molecule has 0 aliphatic carbocycles. The summed E-state index contributed by atoms with van der Waals surface area (Å²) in [6.07, 6.45) is 3.22. The van der Waals surface area contributed by atoms with Crippen LogP contribution in [-0.2, 0) is 20.1 Å². The summed E-state index contributed by atoms with van der Waals surface area (Å²) < 4.78 is 50.6. The van der Waals surface area contributed by atoms with Gasteiger partial charge < -0.3 is 4.98 Å². The molecule has 0 amide bonds. The van der Waals surface area contributed by atoms with Crippen molar-refractivity contribution in [3.05, 3.63) is 127 Å². The van der Waals surface area contributed by atoms with Crippen LogP contribution in [0.3, 0.4) is 0 Å². The normalized spacial score (nSPS) is 15.4. The van der Waals surface area contributed by atoms with Gasteiger partial charge in [0.05, 0.1) is 0 Å². The second kappa shape index (κ2) is 13.0. The second-order valence-electron chi connectivity index (χ2n) is 13.3. The average Bonchev–Trinajstić information content (AvgIpc) is 3.58. The fourth-order valence-electron chi connectivity index (χ4n) is 6.27. The summed E-state index contributed by atoms with van der Waals surface area (Å²) in [6, 6.07) is 37.3. The van der Waals surface area contributed by atoms with Crippen molar-refractivity contribution >= 4 is 67.6 Å². The predicted octanol–water partition coefficient (Wildman–Crippen LogP) is 9.43. The Labute approximate surface area is 308 Å². The molecule has 6 heteroatoms. The van der Waals surface area contributed by atoms with Gasteiger partial charge in [-0.1, -0.05) is 60.4 Å². The van der Waals surface area contributed by atoms with Crippen LogP contribution in [0.2, 0.25) is 30.4 Å². The minimum absolute atomic E-state index is 0. The molecule has 237 valence electrons. The molecule has 0 saturated carbocycles. The van der Waals surface area contributed by atoms with Crippen molar-refractivity contribution in [1.82, 2.24) is 9.97 Å². The molecule has 0 saturated heterocycles. The average molecular weight is 890 g/mol. The molecule has 7 aromatic rings. The molecular weight excluding hydrogens is 845 g/mol. The Morgan fingerprint density at radius 3 is 2.23 bits per heavy atom. The molecule has 1 aliphatic rings. The molecule has 2 nitrogen and oxygen atoms in total. The largest absolute Gasteiger partial charge is 0 e. The van der Waals surface area contributed by atoms with Crippen molar-refractivity contribution in [3.8, 4) is 33.6 Å². The van der Waals surface area contributed by atoms with Crippen LogP contribution < -0.4 is 14.8 Å². The van der Waals surface area contributed by atoms with E-state index in [2.05, 4.69) is 101 Å². The van der Waals surface area contributed by atoms with Crippen LogP contribution in [0.5, 0.6) is 0 Å². The number of hydrogen-bond acceptors (Lipinski definition) is 3. The summed E-state index contributed by atoms with van der Waals surface area (Å²) in [5.74, 6) is 7.14. The zero-order valence-electron chi connectivity index (χ0n) is 33.0. The molecule has 0 bridgehead atoms. The van der Waals surface area contributed by atoms with Gasteiger partial charge >= 0.3 is 99.8 Å². The van der Waals surface area contributed by atoms with E-state index in [4.69, 9.17) is 8.22 Å². The van der Waals surface area contributed by atoms with Gasteiger partial charge in [-0.15, -0.1) is 23.8 Å². The number of rotatable bonds is 3. The Bertz CT molecular complexity index is 2460. The third-order valence-corrected chi connectivity index (χ3v) is 17.9. The summed E-state index contributed by atoms with van der Waals surface area (Å²) in [7, 11) is -1.82. The van der Waals surface area contributed by atoms with Crippen molar-refractivity contribution in [2.75, 3.05) is 0 Å². The number of fused-ring (bicyclic) bond motifs is 6. The molecule has 47 heavy (non-hydrogen) atoms. The summed E-state index contributed by atoms with van der Waals surface area (Å²) in [6.45, 7) is -0.343. The molecule has 0 spiro atoms. The Morgan fingerprint density at radius 1 is 0.723 bits per heavy atom. The maximum absolute atomic E-state index is 7.93. The van der Waals surface area contributed by atoms with Gasteiger partial charge in [0.1, 0.15) is 8.07 Å². The van der Waals surface area contributed by atoms with Crippen LogP contribution in [0, 0.1) is 25.8 Å². The van der Waals surface area contributed by atoms with E-state index < -0.39 is 35.0 Å². The number of hydrogen-bond donors (Lipinski definition) is 0. The molecule has 1 radical (unpaired) electrons. The first-order valence-electron chi connectivity index (χ1n) is 18.4. The fourth-order valence-corrected chi connectivity index (χ4v) is 12.7. The van der Waals surface area contributed by atoms with E-state index in [1.54, 1.807) is 11.3 Å². The summed E-state index contributed by atoms with van der Waals surface area (Å²) in [5.41, 5.74) is 5.37. The number of benzene rings is 4. The molecule has 3 aromatic heterocycles. The molecule has 0 fully saturated rings. The van der Waals surface area contributed by atoms with Gasteiger partial charge in [-0.25, -0.2) is 0 Å². The van der Waals surface area contributed by atoms with Gasteiger partial charge in [-0.05, 0) is 62.6 Å². The van der Waals surface area contributed by atoms with E-state index in [1.165, 1.54) is 43.5 Å². The van der Waals surface area contributed by atoms with Gasteiger partial charge in [0, 0.05) is 39.2 Å². The maximum atomic E-state index is 7.93. The summed E-state index contributed by atoms with van der Waals surface area (Å²) in [4.78, 5) is 8.93. The first-order chi connectivity index (χ1) is 24.4. The Hall–Kier alpha value is -3.19. The van der Waals surface area contributed by atoms with Crippen LogP contribution >= 0.6 is 11.3 Å². The SMILES string of the molecule is [2H]C([2H])([2H])c1cnc(-c2[c-]ccc3c2sc2cc4c(cc23)[Si](C)(C)c2ccccc2-4)cc1C([2H])([2H])[2H].[CH3][Ge]([CH3])([CH3])[c]1ccc(-c2[c-]cccc2)nc1.[Ir]. The monoisotopic (exact) mass is 891 g/mol. The van der Waals surface area contributed by atoms with Crippen molar-refractivity contribution < 1.29 is 28.3 Å². The molecule has 1 aliphatic heterocycles. The Kier molecular flexibility index (Phi) is 7.40. The van der Waals surface area contributed by atoms with Gasteiger partial charge in [-0.2, -0.15) is 11.3 Å². The van der Waals surface area contributed by atoms with Gasteiger partial charge in [0.25, 0.3) is 0 Å². The molecule has 0 atom stereocenters. The standard InChI is InChI=1S/C27H22NSSi.C14H16GeN.Ir/c1-16-12-23(28-15-17(16)2)20-10-7-9-19-21-14-26-22(13-24(21)29-27(19)20)18-8-5-6-11-25(18)30(26,3)4;1-15(2,3)13-9-10-14(16-11-13)12-7-5-4-6-8-12;/h5-9,11-15H,1-4H3;4-7,9-11H,1-3H3;/q2*-1;/i1D3,2D3;;. The first-order valence-corrected chi connectivity index (χ1v) is 26.6. The number of nitrogens with zero attached hydrogens (tertiary/aromatic N) is 2. The Balaban J connectivity index is 0.000000238. The number of thiophene rings is 1. The molecule has 0 unspecified atom stereocenters. The van der Waals surface area contributed by atoms with E-state index in [0.29, 0.717) is 11.3 Å². The van der Waals surface area contributed by atoms with Crippen LogP contribution in [0.1, 0.15) is 19.4 Å². The summed E-state index contributed by atoms with van der Waals surface area (Å²) in [5, 5.41) is 5.14. The maximum Gasteiger partial charge on any atom is 0 e. The van der Waals surface area contributed by atoms with Gasteiger partial charge in [0.2, 0.25) is 0 Å². The fraction of sp³-hybridized carbons (Fsp3) is 0.171. The molecule has 0 N–H and O–H groups in total.